The van der Waals surface area contributed by atoms with Crippen LogP contribution in [0.3, 0.4) is 0 Å². The molecule has 0 radical (unpaired) electrons. The van der Waals surface area contributed by atoms with Gasteiger partial charge in [-0.25, -0.2) is 8.78 Å². The molecule has 1 aromatic carbocycles. The zero-order chi connectivity index (χ0) is 12.5. The summed E-state index contributed by atoms with van der Waals surface area (Å²) in [5.74, 6) is -0.714. The molecule has 0 aromatic heterocycles. The molecule has 0 fully saturated rings. The first kappa shape index (κ1) is 13.1. The van der Waals surface area contributed by atoms with Crippen LogP contribution < -0.4 is 5.32 Å². The van der Waals surface area contributed by atoms with E-state index in [0.29, 0.717) is 11.1 Å². The zero-order valence-electron chi connectivity index (χ0n) is 10.5. The predicted octanol–water partition coefficient (Wildman–Crippen LogP) is 3.58. The van der Waals surface area contributed by atoms with Gasteiger partial charge < -0.3 is 5.32 Å². The van der Waals surface area contributed by atoms with E-state index in [-0.39, 0.29) is 23.1 Å². The maximum Gasteiger partial charge on any atom is 0.128 e. The third kappa shape index (κ3) is 2.59. The lowest BCUT2D eigenvalue weighted by atomic mass is 9.82. The summed E-state index contributed by atoms with van der Waals surface area (Å²) in [6, 6.07) is 2.33. The smallest absolute Gasteiger partial charge is 0.128 e. The number of hydrogen-bond donors (Lipinski definition) is 1. The van der Waals surface area contributed by atoms with E-state index in [2.05, 4.69) is 5.32 Å². The van der Waals surface area contributed by atoms with Crippen LogP contribution in [-0.4, -0.2) is 7.05 Å². The molecule has 90 valence electrons. The number of hydrogen-bond acceptors (Lipinski definition) is 1. The minimum atomic E-state index is -0.360. The third-order valence-electron chi connectivity index (χ3n) is 2.74. The first-order valence-corrected chi connectivity index (χ1v) is 5.40. The van der Waals surface area contributed by atoms with Crippen LogP contribution in [0.4, 0.5) is 8.78 Å². The molecule has 0 bridgehead atoms. The summed E-state index contributed by atoms with van der Waals surface area (Å²) in [6.07, 6.45) is 0. The molecule has 0 saturated heterocycles. The molecule has 1 unspecified atom stereocenters. The fourth-order valence-electron chi connectivity index (χ4n) is 1.94. The largest absolute Gasteiger partial charge is 0.312 e. The predicted molar refractivity (Wildman–Crippen MR) is 62.4 cm³/mol. The van der Waals surface area contributed by atoms with Crippen LogP contribution in [0.2, 0.25) is 0 Å². The Morgan fingerprint density at radius 1 is 1.12 bits per heavy atom. The van der Waals surface area contributed by atoms with Gasteiger partial charge in [-0.05, 0) is 37.1 Å². The van der Waals surface area contributed by atoms with Crippen molar-refractivity contribution in [3.63, 3.8) is 0 Å². The standard InChI is InChI=1S/C13H19F2N/c1-8-6-11(15)9(7-10(8)14)12(16-5)13(2,3)4/h6-7,12,16H,1-5H3. The van der Waals surface area contributed by atoms with E-state index < -0.39 is 0 Å². The Morgan fingerprint density at radius 2 is 1.69 bits per heavy atom. The number of nitrogens with one attached hydrogen (secondary N) is 1. The molecule has 1 atom stereocenters. The average molecular weight is 227 g/mol. The van der Waals surface area contributed by atoms with Crippen molar-refractivity contribution in [1.82, 2.24) is 5.32 Å². The van der Waals surface area contributed by atoms with Crippen LogP contribution >= 0.6 is 0 Å². The quantitative estimate of drug-likeness (QED) is 0.814. The third-order valence-corrected chi connectivity index (χ3v) is 2.74. The molecule has 16 heavy (non-hydrogen) atoms. The van der Waals surface area contributed by atoms with Crippen LogP contribution in [0.1, 0.15) is 37.9 Å². The van der Waals surface area contributed by atoms with Crippen molar-refractivity contribution in [3.8, 4) is 0 Å². The lowest BCUT2D eigenvalue weighted by Gasteiger charge is -2.31. The van der Waals surface area contributed by atoms with Gasteiger partial charge in [-0.1, -0.05) is 20.8 Å². The summed E-state index contributed by atoms with van der Waals surface area (Å²) in [7, 11) is 1.76. The Kier molecular flexibility index (Phi) is 3.68. The van der Waals surface area contributed by atoms with Crippen LogP contribution in [-0.2, 0) is 0 Å². The van der Waals surface area contributed by atoms with Crippen LogP contribution in [0.5, 0.6) is 0 Å². The number of benzene rings is 1. The SMILES string of the molecule is CNC(c1cc(F)c(C)cc1F)C(C)(C)C. The fraction of sp³-hybridized carbons (Fsp3) is 0.538. The van der Waals surface area contributed by atoms with E-state index >= 15 is 0 Å². The van der Waals surface area contributed by atoms with E-state index in [1.54, 1.807) is 14.0 Å². The van der Waals surface area contributed by atoms with Gasteiger partial charge in [-0.2, -0.15) is 0 Å². The van der Waals surface area contributed by atoms with Crippen molar-refractivity contribution >= 4 is 0 Å². The van der Waals surface area contributed by atoms with Crippen molar-refractivity contribution < 1.29 is 8.78 Å². The molecule has 0 spiro atoms. The van der Waals surface area contributed by atoms with Gasteiger partial charge in [0.05, 0.1) is 0 Å². The summed E-state index contributed by atoms with van der Waals surface area (Å²) in [4.78, 5) is 0. The van der Waals surface area contributed by atoms with Gasteiger partial charge in [0.1, 0.15) is 11.6 Å². The van der Waals surface area contributed by atoms with E-state index in [1.807, 2.05) is 20.8 Å². The van der Waals surface area contributed by atoms with Gasteiger partial charge in [-0.3, -0.25) is 0 Å². The number of halogens is 2. The van der Waals surface area contributed by atoms with Crippen molar-refractivity contribution in [2.24, 2.45) is 5.41 Å². The van der Waals surface area contributed by atoms with E-state index in [0.717, 1.165) is 0 Å². The maximum absolute atomic E-state index is 13.8. The molecule has 3 heteroatoms. The summed E-state index contributed by atoms with van der Waals surface area (Å²) in [5.41, 5.74) is 0.556. The van der Waals surface area contributed by atoms with Crippen LogP contribution in [0.15, 0.2) is 12.1 Å². The number of rotatable bonds is 2. The highest BCUT2D eigenvalue weighted by Gasteiger charge is 2.27. The molecule has 0 aliphatic heterocycles. The van der Waals surface area contributed by atoms with Gasteiger partial charge in [0.15, 0.2) is 0 Å². The molecule has 0 amide bonds. The topological polar surface area (TPSA) is 12.0 Å². The Labute approximate surface area is 95.9 Å². The van der Waals surface area contributed by atoms with Gasteiger partial charge in [0.2, 0.25) is 0 Å². The van der Waals surface area contributed by atoms with Crippen molar-refractivity contribution in [1.29, 1.82) is 0 Å². The van der Waals surface area contributed by atoms with E-state index in [9.17, 15) is 8.78 Å². The minimum Gasteiger partial charge on any atom is -0.312 e. The highest BCUT2D eigenvalue weighted by atomic mass is 19.1. The molecule has 0 heterocycles. The molecule has 0 aliphatic carbocycles. The van der Waals surface area contributed by atoms with E-state index in [1.165, 1.54) is 12.1 Å². The van der Waals surface area contributed by atoms with Gasteiger partial charge in [0.25, 0.3) is 0 Å². The Bertz CT molecular complexity index is 380. The number of aryl methyl sites for hydroxylation is 1. The van der Waals surface area contributed by atoms with E-state index in [4.69, 9.17) is 0 Å². The highest BCUT2D eigenvalue weighted by molar-refractivity contribution is 5.28. The van der Waals surface area contributed by atoms with Gasteiger partial charge >= 0.3 is 0 Å². The molecule has 0 aliphatic rings. The van der Waals surface area contributed by atoms with Gasteiger partial charge in [0, 0.05) is 11.6 Å². The average Bonchev–Trinajstić information content (AvgIpc) is 2.12. The maximum atomic E-state index is 13.8. The molecular weight excluding hydrogens is 208 g/mol. The second-order valence-corrected chi connectivity index (χ2v) is 5.21. The van der Waals surface area contributed by atoms with Crippen LogP contribution in [0, 0.1) is 24.0 Å². The highest BCUT2D eigenvalue weighted by Crippen LogP contribution is 2.34. The minimum absolute atomic E-state index is 0.169. The first-order valence-electron chi connectivity index (χ1n) is 5.40. The lowest BCUT2D eigenvalue weighted by Crippen LogP contribution is -2.30. The van der Waals surface area contributed by atoms with Crippen molar-refractivity contribution in [2.45, 2.75) is 33.7 Å². The Balaban J connectivity index is 3.26. The summed E-state index contributed by atoms with van der Waals surface area (Å²) < 4.78 is 27.2. The molecule has 1 aromatic rings. The molecule has 1 nitrogen and oxygen atoms in total. The normalized spacial score (nSPS) is 13.9. The summed E-state index contributed by atoms with van der Waals surface area (Å²) in [5, 5.41) is 3.04. The van der Waals surface area contributed by atoms with Gasteiger partial charge in [-0.15, -0.1) is 0 Å². The van der Waals surface area contributed by atoms with Crippen LogP contribution in [0.25, 0.3) is 0 Å². The van der Waals surface area contributed by atoms with Crippen molar-refractivity contribution in [3.05, 3.63) is 34.9 Å². The molecular formula is C13H19F2N. The fourth-order valence-corrected chi connectivity index (χ4v) is 1.94. The monoisotopic (exact) mass is 227 g/mol. The summed E-state index contributed by atoms with van der Waals surface area (Å²) in [6.45, 7) is 7.54. The Hall–Kier alpha value is -0.960. The molecule has 1 rings (SSSR count). The zero-order valence-corrected chi connectivity index (χ0v) is 10.5. The lowest BCUT2D eigenvalue weighted by molar-refractivity contribution is 0.279. The van der Waals surface area contributed by atoms with Crippen molar-refractivity contribution in [2.75, 3.05) is 7.05 Å². The first-order chi connectivity index (χ1) is 7.27. The molecule has 0 saturated carbocycles. The second-order valence-electron chi connectivity index (χ2n) is 5.21. The Morgan fingerprint density at radius 3 is 2.12 bits per heavy atom. The second kappa shape index (κ2) is 4.50. The molecule has 1 N–H and O–H groups in total. The summed E-state index contributed by atoms with van der Waals surface area (Å²) >= 11 is 0.